The smallest absolute Gasteiger partial charge is 0.184 e. The maximum absolute atomic E-state index is 14.8. The summed E-state index contributed by atoms with van der Waals surface area (Å²) in [4.78, 5) is 0. The first-order chi connectivity index (χ1) is 14.5. The van der Waals surface area contributed by atoms with E-state index in [1.165, 1.54) is 12.1 Å². The lowest BCUT2D eigenvalue weighted by Crippen LogP contribution is -2.41. The molecule has 3 rings (SSSR count). The van der Waals surface area contributed by atoms with Gasteiger partial charge in [0.05, 0.1) is 13.2 Å². The zero-order valence-electron chi connectivity index (χ0n) is 17.6. The monoisotopic (exact) mass is 418 g/mol. The first-order valence-corrected chi connectivity index (χ1v) is 10.6. The molecular formula is C25H29F3O2. The van der Waals surface area contributed by atoms with E-state index in [0.29, 0.717) is 35.1 Å². The average Bonchev–Trinajstić information content (AvgIpc) is 2.74. The minimum Gasteiger partial charge on any atom is -0.345 e. The van der Waals surface area contributed by atoms with Crippen LogP contribution in [0.4, 0.5) is 13.2 Å². The zero-order valence-corrected chi connectivity index (χ0v) is 17.6. The molecule has 0 aromatic heterocycles. The van der Waals surface area contributed by atoms with E-state index in [1.54, 1.807) is 24.3 Å². The van der Waals surface area contributed by atoms with Gasteiger partial charge in [-0.2, -0.15) is 0 Å². The van der Waals surface area contributed by atoms with Crippen molar-refractivity contribution >= 4 is 0 Å². The van der Waals surface area contributed by atoms with Gasteiger partial charge in [-0.3, -0.25) is 0 Å². The Morgan fingerprint density at radius 2 is 1.83 bits per heavy atom. The summed E-state index contributed by atoms with van der Waals surface area (Å²) in [6.45, 7) is 3.79. The number of aryl methyl sites for hydroxylation is 1. The lowest BCUT2D eigenvalue weighted by atomic mass is 9.98. The molecule has 0 radical (unpaired) electrons. The van der Waals surface area contributed by atoms with Gasteiger partial charge in [-0.25, -0.2) is 13.2 Å². The zero-order chi connectivity index (χ0) is 21.6. The number of hydrogen-bond donors (Lipinski definition) is 0. The molecule has 162 valence electrons. The summed E-state index contributed by atoms with van der Waals surface area (Å²) in [5.41, 5.74) is 0.375. The highest BCUT2D eigenvalue weighted by Gasteiger charge is 2.37. The Morgan fingerprint density at radius 3 is 2.47 bits per heavy atom. The summed E-state index contributed by atoms with van der Waals surface area (Å²) in [6, 6.07) is 9.37. The van der Waals surface area contributed by atoms with E-state index >= 15 is 0 Å². The van der Waals surface area contributed by atoms with Gasteiger partial charge in [0.2, 0.25) is 0 Å². The minimum atomic E-state index is -1.49. The fourth-order valence-corrected chi connectivity index (χ4v) is 3.61. The van der Waals surface area contributed by atoms with E-state index in [1.807, 2.05) is 26.0 Å². The topological polar surface area (TPSA) is 18.5 Å². The highest BCUT2D eigenvalue weighted by molar-refractivity contribution is 5.65. The average molecular weight is 418 g/mol. The van der Waals surface area contributed by atoms with Crippen molar-refractivity contribution in [2.45, 2.75) is 57.9 Å². The number of alkyl halides is 1. The number of ether oxygens (including phenoxy) is 2. The number of hydrogen-bond acceptors (Lipinski definition) is 2. The molecule has 1 aliphatic heterocycles. The molecule has 0 aliphatic carbocycles. The summed E-state index contributed by atoms with van der Waals surface area (Å²) < 4.78 is 54.9. The molecule has 2 nitrogen and oxygen atoms in total. The Kier molecular flexibility index (Phi) is 7.73. The van der Waals surface area contributed by atoms with Gasteiger partial charge in [-0.15, -0.1) is 0 Å². The van der Waals surface area contributed by atoms with E-state index in [9.17, 15) is 13.2 Å². The van der Waals surface area contributed by atoms with E-state index in [2.05, 4.69) is 0 Å². The van der Waals surface area contributed by atoms with Gasteiger partial charge >= 0.3 is 0 Å². The first-order valence-electron chi connectivity index (χ1n) is 10.6. The Bertz CT molecular complexity index is 871. The molecule has 30 heavy (non-hydrogen) atoms. The molecule has 1 heterocycles. The molecule has 1 aliphatic rings. The highest BCUT2D eigenvalue weighted by atomic mass is 19.1. The maximum Gasteiger partial charge on any atom is 0.184 e. The molecule has 0 amide bonds. The van der Waals surface area contributed by atoms with Crippen LogP contribution in [0, 0.1) is 11.6 Å². The summed E-state index contributed by atoms with van der Waals surface area (Å²) in [5.74, 6) is -0.838. The van der Waals surface area contributed by atoms with Crippen molar-refractivity contribution in [3.63, 3.8) is 0 Å². The second kappa shape index (κ2) is 10.3. The quantitative estimate of drug-likeness (QED) is 0.426. The molecule has 2 aromatic carbocycles. The number of unbranched alkanes of at least 4 members (excludes halogenated alkanes) is 1. The normalized spacial score (nSPS) is 22.0. The largest absolute Gasteiger partial charge is 0.345 e. The van der Waals surface area contributed by atoms with Gasteiger partial charge in [-0.05, 0) is 49.4 Å². The molecule has 0 bridgehead atoms. The van der Waals surface area contributed by atoms with Crippen molar-refractivity contribution in [2.75, 3.05) is 13.2 Å². The molecule has 5 heteroatoms. The fraction of sp³-hybridized carbons (Fsp3) is 0.440. The van der Waals surface area contributed by atoms with Gasteiger partial charge < -0.3 is 9.47 Å². The molecule has 1 fully saturated rings. The van der Waals surface area contributed by atoms with Crippen molar-refractivity contribution in [2.24, 2.45) is 0 Å². The van der Waals surface area contributed by atoms with Crippen LogP contribution < -0.4 is 0 Å². The molecule has 0 atom stereocenters. The van der Waals surface area contributed by atoms with E-state index in [0.717, 1.165) is 19.3 Å². The molecule has 0 spiro atoms. The second-order valence-electron chi connectivity index (χ2n) is 7.86. The van der Waals surface area contributed by atoms with Crippen molar-refractivity contribution in [3.8, 4) is 11.1 Å². The lowest BCUT2D eigenvalue weighted by molar-refractivity contribution is -0.239. The second-order valence-corrected chi connectivity index (χ2v) is 7.86. The summed E-state index contributed by atoms with van der Waals surface area (Å²) in [6.07, 6.45) is 6.53. The van der Waals surface area contributed by atoms with Crippen molar-refractivity contribution in [3.05, 3.63) is 71.3 Å². The third-order valence-corrected chi connectivity index (χ3v) is 5.41. The summed E-state index contributed by atoms with van der Waals surface area (Å²) in [7, 11) is 0. The number of rotatable bonds is 8. The van der Waals surface area contributed by atoms with Crippen LogP contribution in [0.2, 0.25) is 0 Å². The van der Waals surface area contributed by atoms with Gasteiger partial charge in [0.1, 0.15) is 11.6 Å². The molecule has 2 aromatic rings. The molecule has 0 N–H and O–H groups in total. The van der Waals surface area contributed by atoms with E-state index in [4.69, 9.17) is 9.47 Å². The third-order valence-electron chi connectivity index (χ3n) is 5.41. The van der Waals surface area contributed by atoms with Crippen LogP contribution in [-0.4, -0.2) is 18.9 Å². The number of benzene rings is 2. The van der Waals surface area contributed by atoms with Crippen LogP contribution in [0.3, 0.4) is 0 Å². The summed E-state index contributed by atoms with van der Waals surface area (Å²) in [5, 5.41) is 0. The van der Waals surface area contributed by atoms with Crippen molar-refractivity contribution in [1.82, 2.24) is 0 Å². The molecule has 0 unspecified atom stereocenters. The van der Waals surface area contributed by atoms with Crippen LogP contribution in [0.25, 0.3) is 11.1 Å². The van der Waals surface area contributed by atoms with Crippen LogP contribution in [-0.2, 0) is 15.9 Å². The Balaban J connectivity index is 1.69. The Hall–Kier alpha value is -2.11. The van der Waals surface area contributed by atoms with Crippen LogP contribution in [0.1, 0.15) is 56.9 Å². The van der Waals surface area contributed by atoms with E-state index < -0.39 is 17.8 Å². The first kappa shape index (κ1) is 22.6. The standard InChI is InChI=1S/C25H29F3O2/c1-3-5-7-8-18-9-10-19(14-22(18)26)21-12-11-20(15-23(21)27)24-29-16-25(28,17-30-24)13-6-4-2/h3,5,9-12,14-15,24H,4,6-8,13,16-17H2,1-2H3. The molecule has 0 saturated carbocycles. The number of allylic oxidation sites excluding steroid dienone is 2. The van der Waals surface area contributed by atoms with Crippen molar-refractivity contribution < 1.29 is 22.6 Å². The van der Waals surface area contributed by atoms with Crippen LogP contribution in [0.5, 0.6) is 0 Å². The predicted molar refractivity (Wildman–Crippen MR) is 113 cm³/mol. The fourth-order valence-electron chi connectivity index (χ4n) is 3.61. The van der Waals surface area contributed by atoms with E-state index in [-0.39, 0.29) is 19.0 Å². The third kappa shape index (κ3) is 5.52. The van der Waals surface area contributed by atoms with Crippen LogP contribution >= 0.6 is 0 Å². The SMILES string of the molecule is CC=CCCc1ccc(-c2ccc(C3OCC(F)(CCCC)CO3)cc2F)cc1F. The van der Waals surface area contributed by atoms with Crippen molar-refractivity contribution in [1.29, 1.82) is 0 Å². The number of halogens is 3. The van der Waals surface area contributed by atoms with Gasteiger partial charge in [0.25, 0.3) is 0 Å². The van der Waals surface area contributed by atoms with Gasteiger partial charge in [0.15, 0.2) is 12.0 Å². The maximum atomic E-state index is 14.8. The minimum absolute atomic E-state index is 0.0685. The molecule has 1 saturated heterocycles. The Labute approximate surface area is 176 Å². The molecular weight excluding hydrogens is 389 g/mol. The summed E-state index contributed by atoms with van der Waals surface area (Å²) >= 11 is 0. The van der Waals surface area contributed by atoms with Gasteiger partial charge in [0, 0.05) is 11.1 Å². The van der Waals surface area contributed by atoms with Crippen LogP contribution in [0.15, 0.2) is 48.6 Å². The predicted octanol–water partition coefficient (Wildman–Crippen LogP) is 7.08. The lowest BCUT2D eigenvalue weighted by Gasteiger charge is -2.34. The highest BCUT2D eigenvalue weighted by Crippen LogP contribution is 2.34. The van der Waals surface area contributed by atoms with Gasteiger partial charge in [-0.1, -0.05) is 56.2 Å². The Morgan fingerprint density at radius 1 is 1.07 bits per heavy atom.